The molecule has 1 aliphatic rings. The van der Waals surface area contributed by atoms with E-state index in [4.69, 9.17) is 11.6 Å². The Morgan fingerprint density at radius 1 is 1.32 bits per heavy atom. The van der Waals surface area contributed by atoms with Gasteiger partial charge >= 0.3 is 0 Å². The molecule has 0 bridgehead atoms. The number of halogens is 2. The summed E-state index contributed by atoms with van der Waals surface area (Å²) in [4.78, 5) is 0. The molecular formula is C16H21BrClN. The maximum atomic E-state index is 6.05. The van der Waals surface area contributed by atoms with Crippen LogP contribution in [-0.2, 0) is 0 Å². The van der Waals surface area contributed by atoms with Gasteiger partial charge in [0.2, 0.25) is 0 Å². The summed E-state index contributed by atoms with van der Waals surface area (Å²) in [5.74, 6) is 0. The van der Waals surface area contributed by atoms with Crippen molar-refractivity contribution >= 4 is 27.5 Å². The Morgan fingerprint density at radius 2 is 2.16 bits per heavy atom. The van der Waals surface area contributed by atoms with Gasteiger partial charge in [-0.1, -0.05) is 58.6 Å². The molecule has 0 heterocycles. The molecular weight excluding hydrogens is 322 g/mol. The number of hydrogen-bond donors (Lipinski definition) is 1. The largest absolute Gasteiger partial charge is 0.307 e. The lowest BCUT2D eigenvalue weighted by molar-refractivity contribution is 0.588. The molecule has 1 aromatic rings. The summed E-state index contributed by atoms with van der Waals surface area (Å²) >= 11 is 9.70. The maximum absolute atomic E-state index is 6.05. The molecule has 0 amide bonds. The van der Waals surface area contributed by atoms with Crippen molar-refractivity contribution in [2.45, 2.75) is 45.1 Å². The van der Waals surface area contributed by atoms with E-state index < -0.39 is 0 Å². The van der Waals surface area contributed by atoms with Crippen LogP contribution < -0.4 is 5.32 Å². The van der Waals surface area contributed by atoms with E-state index in [2.05, 4.69) is 40.3 Å². The standard InChI is InChI=1S/C16H21BrClN/c1-2-19-16(12-7-5-3-4-6-8-12)14-10-9-13(18)11-15(14)17/h7,9-11,16,19H,2-6,8H2,1H3. The zero-order valence-electron chi connectivity index (χ0n) is 11.4. The molecule has 1 aliphatic carbocycles. The molecule has 0 radical (unpaired) electrons. The molecule has 1 unspecified atom stereocenters. The number of benzene rings is 1. The third-order valence-corrected chi connectivity index (χ3v) is 4.55. The molecule has 3 heteroatoms. The van der Waals surface area contributed by atoms with Gasteiger partial charge in [0.25, 0.3) is 0 Å². The van der Waals surface area contributed by atoms with E-state index >= 15 is 0 Å². The Hall–Kier alpha value is -0.310. The van der Waals surface area contributed by atoms with Crippen molar-refractivity contribution in [3.05, 3.63) is 44.9 Å². The van der Waals surface area contributed by atoms with E-state index in [0.29, 0.717) is 6.04 Å². The molecule has 0 spiro atoms. The topological polar surface area (TPSA) is 12.0 Å². The van der Waals surface area contributed by atoms with Gasteiger partial charge in [-0.25, -0.2) is 0 Å². The molecule has 104 valence electrons. The summed E-state index contributed by atoms with van der Waals surface area (Å²) in [6.07, 6.45) is 8.82. The average molecular weight is 343 g/mol. The van der Waals surface area contributed by atoms with Crippen molar-refractivity contribution in [1.29, 1.82) is 0 Å². The Balaban J connectivity index is 2.30. The van der Waals surface area contributed by atoms with Crippen molar-refractivity contribution in [3.8, 4) is 0 Å². The highest BCUT2D eigenvalue weighted by Gasteiger charge is 2.19. The van der Waals surface area contributed by atoms with Gasteiger partial charge in [-0.05, 0) is 49.9 Å². The van der Waals surface area contributed by atoms with Gasteiger partial charge in [0.1, 0.15) is 0 Å². The molecule has 0 fully saturated rings. The molecule has 19 heavy (non-hydrogen) atoms. The predicted octanol–water partition coefficient (Wildman–Crippen LogP) is 5.64. The molecule has 1 N–H and O–H groups in total. The van der Waals surface area contributed by atoms with E-state index in [1.807, 2.05) is 12.1 Å². The number of rotatable bonds is 4. The lowest BCUT2D eigenvalue weighted by atomic mass is 9.95. The third-order valence-electron chi connectivity index (χ3n) is 3.63. The quantitative estimate of drug-likeness (QED) is 0.698. The minimum Gasteiger partial charge on any atom is -0.307 e. The van der Waals surface area contributed by atoms with Crippen molar-refractivity contribution in [2.24, 2.45) is 0 Å². The SMILES string of the molecule is CCNC(C1=CCCCCC1)c1ccc(Cl)cc1Br. The Labute approximate surface area is 129 Å². The highest BCUT2D eigenvalue weighted by Crippen LogP contribution is 2.34. The molecule has 0 aliphatic heterocycles. The van der Waals surface area contributed by atoms with Crippen LogP contribution in [0.4, 0.5) is 0 Å². The molecule has 0 saturated heterocycles. The third kappa shape index (κ3) is 4.08. The fourth-order valence-electron chi connectivity index (χ4n) is 2.68. The fraction of sp³-hybridized carbons (Fsp3) is 0.500. The average Bonchev–Trinajstić information content (AvgIpc) is 2.65. The van der Waals surface area contributed by atoms with Crippen LogP contribution in [0.2, 0.25) is 5.02 Å². The smallest absolute Gasteiger partial charge is 0.0547 e. The minimum atomic E-state index is 0.315. The number of likely N-dealkylation sites (N-methyl/N-ethyl adjacent to an activating group) is 1. The van der Waals surface area contributed by atoms with Crippen LogP contribution in [0.25, 0.3) is 0 Å². The summed E-state index contributed by atoms with van der Waals surface area (Å²) in [5.41, 5.74) is 2.82. The van der Waals surface area contributed by atoms with Crippen LogP contribution in [-0.4, -0.2) is 6.54 Å². The molecule has 1 aromatic carbocycles. The molecule has 0 saturated carbocycles. The summed E-state index contributed by atoms with van der Waals surface area (Å²) < 4.78 is 1.09. The van der Waals surface area contributed by atoms with E-state index in [9.17, 15) is 0 Å². The van der Waals surface area contributed by atoms with E-state index in [1.165, 1.54) is 43.2 Å². The Bertz CT molecular complexity index is 456. The minimum absolute atomic E-state index is 0.315. The zero-order chi connectivity index (χ0) is 13.7. The predicted molar refractivity (Wildman–Crippen MR) is 86.7 cm³/mol. The molecule has 0 aromatic heterocycles. The van der Waals surface area contributed by atoms with Gasteiger partial charge in [-0.3, -0.25) is 0 Å². The van der Waals surface area contributed by atoms with Gasteiger partial charge in [-0.15, -0.1) is 0 Å². The van der Waals surface area contributed by atoms with Crippen LogP contribution in [0.15, 0.2) is 34.3 Å². The highest BCUT2D eigenvalue weighted by molar-refractivity contribution is 9.10. The number of allylic oxidation sites excluding steroid dienone is 1. The zero-order valence-corrected chi connectivity index (χ0v) is 13.7. The van der Waals surface area contributed by atoms with Crippen LogP contribution >= 0.6 is 27.5 Å². The summed E-state index contributed by atoms with van der Waals surface area (Å²) in [7, 11) is 0. The van der Waals surface area contributed by atoms with Crippen molar-refractivity contribution in [1.82, 2.24) is 5.32 Å². The van der Waals surface area contributed by atoms with E-state index in [-0.39, 0.29) is 0 Å². The first kappa shape index (κ1) is 15.1. The first-order valence-corrected chi connectivity index (χ1v) is 8.26. The number of nitrogens with one attached hydrogen (secondary N) is 1. The van der Waals surface area contributed by atoms with Crippen LogP contribution in [0.3, 0.4) is 0 Å². The van der Waals surface area contributed by atoms with Gasteiger partial charge in [-0.2, -0.15) is 0 Å². The highest BCUT2D eigenvalue weighted by atomic mass is 79.9. The monoisotopic (exact) mass is 341 g/mol. The van der Waals surface area contributed by atoms with Gasteiger partial charge in [0, 0.05) is 9.50 Å². The molecule has 1 nitrogen and oxygen atoms in total. The summed E-state index contributed by atoms with van der Waals surface area (Å²) in [5, 5.41) is 4.39. The summed E-state index contributed by atoms with van der Waals surface area (Å²) in [6.45, 7) is 3.13. The maximum Gasteiger partial charge on any atom is 0.0547 e. The fourth-order valence-corrected chi connectivity index (χ4v) is 3.59. The van der Waals surface area contributed by atoms with Crippen LogP contribution in [0.5, 0.6) is 0 Å². The second kappa shape index (κ2) is 7.47. The lowest BCUT2D eigenvalue weighted by Crippen LogP contribution is -2.23. The van der Waals surface area contributed by atoms with Gasteiger partial charge < -0.3 is 5.32 Å². The van der Waals surface area contributed by atoms with E-state index in [1.54, 1.807) is 0 Å². The van der Waals surface area contributed by atoms with Crippen LogP contribution in [0.1, 0.15) is 50.6 Å². The van der Waals surface area contributed by atoms with Crippen LogP contribution in [0, 0.1) is 0 Å². The van der Waals surface area contributed by atoms with Crippen molar-refractivity contribution < 1.29 is 0 Å². The molecule has 2 rings (SSSR count). The van der Waals surface area contributed by atoms with Gasteiger partial charge in [0.15, 0.2) is 0 Å². The normalized spacial score (nSPS) is 17.7. The second-order valence-electron chi connectivity index (χ2n) is 5.03. The first-order chi connectivity index (χ1) is 9.22. The first-order valence-electron chi connectivity index (χ1n) is 7.09. The lowest BCUT2D eigenvalue weighted by Gasteiger charge is -2.23. The van der Waals surface area contributed by atoms with Crippen molar-refractivity contribution in [3.63, 3.8) is 0 Å². The summed E-state index contributed by atoms with van der Waals surface area (Å²) in [6, 6.07) is 6.41. The van der Waals surface area contributed by atoms with Gasteiger partial charge in [0.05, 0.1) is 6.04 Å². The van der Waals surface area contributed by atoms with E-state index in [0.717, 1.165) is 16.0 Å². The number of hydrogen-bond acceptors (Lipinski definition) is 1. The molecule has 1 atom stereocenters. The Kier molecular flexibility index (Phi) is 5.93. The van der Waals surface area contributed by atoms with Crippen molar-refractivity contribution in [2.75, 3.05) is 6.54 Å². The second-order valence-corrected chi connectivity index (χ2v) is 6.33. The Morgan fingerprint density at radius 3 is 2.89 bits per heavy atom.